The SMILES string of the molecule is COCCNS(=O)(=O)c1ccc(C)c(C(=O)Nc2ccc(Nc3ccccc3)cc2)c1. The van der Waals surface area contributed by atoms with Crippen molar-refractivity contribution in [1.82, 2.24) is 4.72 Å². The minimum atomic E-state index is -3.73. The molecule has 8 heteroatoms. The van der Waals surface area contributed by atoms with Crippen molar-refractivity contribution in [2.75, 3.05) is 30.9 Å². The van der Waals surface area contributed by atoms with E-state index >= 15 is 0 Å². The number of hydrogen-bond donors (Lipinski definition) is 3. The van der Waals surface area contributed by atoms with Gasteiger partial charge >= 0.3 is 0 Å². The number of sulfonamides is 1. The topological polar surface area (TPSA) is 96.5 Å². The lowest BCUT2D eigenvalue weighted by Gasteiger charge is -2.12. The minimum Gasteiger partial charge on any atom is -0.383 e. The summed E-state index contributed by atoms with van der Waals surface area (Å²) in [5, 5.41) is 6.09. The van der Waals surface area contributed by atoms with Gasteiger partial charge in [-0.25, -0.2) is 13.1 Å². The third-order valence-electron chi connectivity index (χ3n) is 4.57. The van der Waals surface area contributed by atoms with Gasteiger partial charge in [0, 0.05) is 36.3 Å². The van der Waals surface area contributed by atoms with Gasteiger partial charge in [0.05, 0.1) is 11.5 Å². The number of anilines is 3. The first-order chi connectivity index (χ1) is 14.9. The molecule has 31 heavy (non-hydrogen) atoms. The molecule has 7 nitrogen and oxygen atoms in total. The van der Waals surface area contributed by atoms with Gasteiger partial charge < -0.3 is 15.4 Å². The lowest BCUT2D eigenvalue weighted by atomic mass is 10.1. The van der Waals surface area contributed by atoms with Crippen LogP contribution in [-0.2, 0) is 14.8 Å². The van der Waals surface area contributed by atoms with Gasteiger partial charge in [-0.3, -0.25) is 4.79 Å². The summed E-state index contributed by atoms with van der Waals surface area (Å²) >= 11 is 0. The van der Waals surface area contributed by atoms with Crippen LogP contribution in [0.1, 0.15) is 15.9 Å². The van der Waals surface area contributed by atoms with Gasteiger partial charge in [-0.2, -0.15) is 0 Å². The molecule has 3 aromatic carbocycles. The average Bonchev–Trinajstić information content (AvgIpc) is 2.76. The highest BCUT2D eigenvalue weighted by Gasteiger charge is 2.18. The number of ether oxygens (including phenoxy) is 1. The molecule has 0 unspecified atom stereocenters. The molecule has 162 valence electrons. The summed E-state index contributed by atoms with van der Waals surface area (Å²) < 4.78 is 32.2. The molecule has 0 bridgehead atoms. The van der Waals surface area contributed by atoms with E-state index in [-0.39, 0.29) is 24.0 Å². The van der Waals surface area contributed by atoms with E-state index in [0.717, 1.165) is 11.4 Å². The largest absolute Gasteiger partial charge is 0.383 e. The van der Waals surface area contributed by atoms with Crippen LogP contribution in [0.15, 0.2) is 77.7 Å². The Labute approximate surface area is 182 Å². The minimum absolute atomic E-state index is 0.0294. The fraction of sp³-hybridized carbons (Fsp3) is 0.174. The molecule has 0 saturated heterocycles. The van der Waals surface area contributed by atoms with Gasteiger partial charge in [0.1, 0.15) is 0 Å². The summed E-state index contributed by atoms with van der Waals surface area (Å²) in [4.78, 5) is 12.8. The second-order valence-electron chi connectivity index (χ2n) is 6.89. The average molecular weight is 440 g/mol. The molecule has 3 N–H and O–H groups in total. The van der Waals surface area contributed by atoms with E-state index in [4.69, 9.17) is 4.74 Å². The summed E-state index contributed by atoms with van der Waals surface area (Å²) in [5.41, 5.74) is 3.42. The molecular weight excluding hydrogens is 414 g/mol. The van der Waals surface area contributed by atoms with Crippen LogP contribution in [0.2, 0.25) is 0 Å². The maximum atomic E-state index is 12.8. The Bertz CT molecular complexity index is 1130. The lowest BCUT2D eigenvalue weighted by molar-refractivity contribution is 0.102. The van der Waals surface area contributed by atoms with E-state index in [1.165, 1.54) is 19.2 Å². The van der Waals surface area contributed by atoms with E-state index in [0.29, 0.717) is 16.8 Å². The zero-order chi connectivity index (χ0) is 22.3. The number of nitrogens with one attached hydrogen (secondary N) is 3. The summed E-state index contributed by atoms with van der Waals surface area (Å²) in [6.45, 7) is 2.17. The van der Waals surface area contributed by atoms with E-state index in [1.54, 1.807) is 25.1 Å². The van der Waals surface area contributed by atoms with Crippen molar-refractivity contribution in [3.63, 3.8) is 0 Å². The first-order valence-electron chi connectivity index (χ1n) is 9.72. The normalized spacial score (nSPS) is 11.2. The Morgan fingerprint density at radius 1 is 0.903 bits per heavy atom. The number of aryl methyl sites for hydroxylation is 1. The molecule has 0 saturated carbocycles. The van der Waals surface area contributed by atoms with Crippen molar-refractivity contribution in [2.24, 2.45) is 0 Å². The van der Waals surface area contributed by atoms with E-state index < -0.39 is 10.0 Å². The van der Waals surface area contributed by atoms with E-state index in [2.05, 4.69) is 15.4 Å². The Kier molecular flexibility index (Phi) is 7.41. The molecule has 0 atom stereocenters. The van der Waals surface area contributed by atoms with Crippen molar-refractivity contribution in [2.45, 2.75) is 11.8 Å². The zero-order valence-corrected chi connectivity index (χ0v) is 18.2. The van der Waals surface area contributed by atoms with Crippen LogP contribution >= 0.6 is 0 Å². The summed E-state index contributed by atoms with van der Waals surface area (Å²) in [6.07, 6.45) is 0. The van der Waals surface area contributed by atoms with Gasteiger partial charge in [0.2, 0.25) is 10.0 Å². The highest BCUT2D eigenvalue weighted by atomic mass is 32.2. The molecule has 0 spiro atoms. The molecule has 0 aliphatic rings. The molecule has 1 amide bonds. The number of carbonyl (C=O) groups is 1. The Morgan fingerprint density at radius 3 is 2.23 bits per heavy atom. The number of methoxy groups -OCH3 is 1. The third-order valence-corrected chi connectivity index (χ3v) is 6.03. The number of benzene rings is 3. The highest BCUT2D eigenvalue weighted by Crippen LogP contribution is 2.21. The molecule has 3 rings (SSSR count). The van der Waals surface area contributed by atoms with Gasteiger partial charge in [-0.05, 0) is 61.0 Å². The molecule has 0 radical (unpaired) electrons. The number of hydrogen-bond acceptors (Lipinski definition) is 5. The smallest absolute Gasteiger partial charge is 0.255 e. The van der Waals surface area contributed by atoms with Crippen LogP contribution in [0.4, 0.5) is 17.1 Å². The molecular formula is C23H25N3O4S. The van der Waals surface area contributed by atoms with Crippen LogP contribution in [0.25, 0.3) is 0 Å². The number of carbonyl (C=O) groups excluding carboxylic acids is 1. The summed E-state index contributed by atoms with van der Waals surface area (Å²) in [5.74, 6) is -0.379. The standard InChI is InChI=1S/C23H25N3O4S/c1-17-8-13-21(31(28,29)24-14-15-30-2)16-22(17)23(27)26-20-11-9-19(10-12-20)25-18-6-4-3-5-7-18/h3-13,16,24-25H,14-15H2,1-2H3,(H,26,27). The number of rotatable bonds is 9. The quantitative estimate of drug-likeness (QED) is 0.439. The van der Waals surface area contributed by atoms with Gasteiger partial charge in [-0.15, -0.1) is 0 Å². The second-order valence-corrected chi connectivity index (χ2v) is 8.66. The number of para-hydroxylation sites is 1. The summed E-state index contributed by atoms with van der Waals surface area (Å²) in [6, 6.07) is 21.5. The molecule has 0 aromatic heterocycles. The molecule has 0 heterocycles. The first-order valence-corrected chi connectivity index (χ1v) is 11.2. The Balaban J connectivity index is 1.71. The molecule has 0 aliphatic carbocycles. The van der Waals surface area contributed by atoms with Crippen molar-refractivity contribution < 1.29 is 17.9 Å². The highest BCUT2D eigenvalue weighted by molar-refractivity contribution is 7.89. The van der Waals surface area contributed by atoms with Crippen LogP contribution in [0, 0.1) is 6.92 Å². The van der Waals surface area contributed by atoms with Crippen LogP contribution in [0.3, 0.4) is 0 Å². The van der Waals surface area contributed by atoms with Crippen LogP contribution < -0.4 is 15.4 Å². The van der Waals surface area contributed by atoms with E-state index in [1.807, 2.05) is 42.5 Å². The van der Waals surface area contributed by atoms with Crippen molar-refractivity contribution in [3.8, 4) is 0 Å². The predicted octanol–water partition coefficient (Wildman–Crippen LogP) is 3.92. The number of amides is 1. The molecule has 0 aliphatic heterocycles. The Hall–Kier alpha value is -3.20. The molecule has 3 aromatic rings. The predicted molar refractivity (Wildman–Crippen MR) is 122 cm³/mol. The van der Waals surface area contributed by atoms with E-state index in [9.17, 15) is 13.2 Å². The van der Waals surface area contributed by atoms with Crippen molar-refractivity contribution >= 4 is 33.0 Å². The van der Waals surface area contributed by atoms with Crippen LogP contribution in [0.5, 0.6) is 0 Å². The second kappa shape index (κ2) is 10.2. The summed E-state index contributed by atoms with van der Waals surface area (Å²) in [7, 11) is -2.24. The van der Waals surface area contributed by atoms with Crippen molar-refractivity contribution in [3.05, 3.63) is 83.9 Å². The fourth-order valence-corrected chi connectivity index (χ4v) is 3.94. The maximum absolute atomic E-state index is 12.8. The zero-order valence-electron chi connectivity index (χ0n) is 17.4. The van der Waals surface area contributed by atoms with Crippen LogP contribution in [-0.4, -0.2) is 34.6 Å². The first kappa shape index (κ1) is 22.5. The third kappa shape index (κ3) is 6.14. The van der Waals surface area contributed by atoms with Gasteiger partial charge in [0.25, 0.3) is 5.91 Å². The lowest BCUT2D eigenvalue weighted by Crippen LogP contribution is -2.27. The molecule has 0 fully saturated rings. The Morgan fingerprint density at radius 2 is 1.55 bits per heavy atom. The maximum Gasteiger partial charge on any atom is 0.255 e. The van der Waals surface area contributed by atoms with Gasteiger partial charge in [-0.1, -0.05) is 24.3 Å². The van der Waals surface area contributed by atoms with Gasteiger partial charge in [0.15, 0.2) is 0 Å². The fourth-order valence-electron chi connectivity index (χ4n) is 2.90. The monoisotopic (exact) mass is 439 g/mol. The van der Waals surface area contributed by atoms with Crippen molar-refractivity contribution in [1.29, 1.82) is 0 Å².